The Morgan fingerprint density at radius 3 is 2.86 bits per heavy atom. The van der Waals surface area contributed by atoms with E-state index < -0.39 is 11.9 Å². The Morgan fingerprint density at radius 2 is 2.14 bits per heavy atom. The van der Waals surface area contributed by atoms with E-state index in [1.807, 2.05) is 42.8 Å². The number of thioether (sulfide) groups is 1. The van der Waals surface area contributed by atoms with Crippen molar-refractivity contribution in [3.63, 3.8) is 0 Å². The molecule has 28 heavy (non-hydrogen) atoms. The second kappa shape index (κ2) is 9.57. The van der Waals surface area contributed by atoms with Crippen molar-refractivity contribution in [1.29, 1.82) is 0 Å². The van der Waals surface area contributed by atoms with Crippen molar-refractivity contribution in [3.8, 4) is 11.3 Å². The molecular weight excluding hydrogens is 394 g/mol. The molecule has 1 atom stereocenters. The number of amides is 2. The van der Waals surface area contributed by atoms with E-state index in [1.165, 1.54) is 17.6 Å². The summed E-state index contributed by atoms with van der Waals surface area (Å²) in [5.41, 5.74) is 2.96. The van der Waals surface area contributed by atoms with Crippen LogP contribution in [0.25, 0.3) is 11.3 Å². The molecule has 1 aromatic carbocycles. The molecule has 0 aliphatic carbocycles. The van der Waals surface area contributed by atoms with E-state index in [4.69, 9.17) is 4.42 Å². The highest BCUT2D eigenvalue weighted by Crippen LogP contribution is 2.25. The van der Waals surface area contributed by atoms with Gasteiger partial charge < -0.3 is 15.1 Å². The van der Waals surface area contributed by atoms with Crippen LogP contribution in [0.15, 0.2) is 52.5 Å². The van der Waals surface area contributed by atoms with Crippen molar-refractivity contribution in [2.24, 2.45) is 0 Å². The van der Waals surface area contributed by atoms with Crippen molar-refractivity contribution in [2.75, 3.05) is 17.3 Å². The Bertz CT molecular complexity index is 938. The van der Waals surface area contributed by atoms with Crippen molar-refractivity contribution in [2.45, 2.75) is 19.4 Å². The molecule has 2 N–H and O–H groups in total. The highest BCUT2D eigenvalue weighted by molar-refractivity contribution is 7.98. The van der Waals surface area contributed by atoms with E-state index in [1.54, 1.807) is 23.9 Å². The van der Waals surface area contributed by atoms with Crippen LogP contribution in [0.5, 0.6) is 0 Å². The number of aromatic nitrogens is 1. The van der Waals surface area contributed by atoms with Gasteiger partial charge >= 0.3 is 0 Å². The lowest BCUT2D eigenvalue weighted by Gasteiger charge is -2.16. The van der Waals surface area contributed by atoms with Crippen LogP contribution in [0.1, 0.15) is 22.5 Å². The maximum atomic E-state index is 12.7. The molecule has 0 spiro atoms. The first-order chi connectivity index (χ1) is 13.6. The summed E-state index contributed by atoms with van der Waals surface area (Å²) in [6, 6.07) is 10.6. The standard InChI is InChI=1S/C20H21N3O3S2/c1-13-5-3-6-14(11-13)16-12-28-20(22-16)23-18(24)15(8-10-27-2)21-19(25)17-7-4-9-26-17/h3-7,9,11-12,15H,8,10H2,1-2H3,(H,21,25)(H,22,23,24). The quantitative estimate of drug-likeness (QED) is 0.576. The van der Waals surface area contributed by atoms with E-state index >= 15 is 0 Å². The lowest BCUT2D eigenvalue weighted by atomic mass is 10.1. The predicted molar refractivity (Wildman–Crippen MR) is 114 cm³/mol. The maximum absolute atomic E-state index is 12.7. The lowest BCUT2D eigenvalue weighted by Crippen LogP contribution is -2.44. The van der Waals surface area contributed by atoms with Crippen molar-refractivity contribution in [1.82, 2.24) is 10.3 Å². The number of nitrogens with one attached hydrogen (secondary N) is 2. The van der Waals surface area contributed by atoms with Gasteiger partial charge in [-0.1, -0.05) is 23.8 Å². The average molecular weight is 416 g/mol. The van der Waals surface area contributed by atoms with Gasteiger partial charge in [-0.25, -0.2) is 4.98 Å². The zero-order valence-corrected chi connectivity index (χ0v) is 17.2. The Labute approximate surface area is 171 Å². The molecule has 0 radical (unpaired) electrons. The van der Waals surface area contributed by atoms with Crippen LogP contribution >= 0.6 is 23.1 Å². The average Bonchev–Trinajstić information content (AvgIpc) is 3.37. The van der Waals surface area contributed by atoms with E-state index in [0.717, 1.165) is 22.6 Å². The van der Waals surface area contributed by atoms with Crippen molar-refractivity contribution >= 4 is 40.0 Å². The largest absolute Gasteiger partial charge is 0.459 e. The predicted octanol–water partition coefficient (Wildman–Crippen LogP) is 4.20. The van der Waals surface area contributed by atoms with Gasteiger partial charge in [0.15, 0.2) is 10.9 Å². The first-order valence-corrected chi connectivity index (χ1v) is 11.0. The van der Waals surface area contributed by atoms with Crippen molar-refractivity contribution < 1.29 is 14.0 Å². The Hall–Kier alpha value is -2.58. The fourth-order valence-electron chi connectivity index (χ4n) is 2.60. The first-order valence-electron chi connectivity index (χ1n) is 8.73. The summed E-state index contributed by atoms with van der Waals surface area (Å²) in [5.74, 6) is 0.214. The summed E-state index contributed by atoms with van der Waals surface area (Å²) in [5, 5.41) is 7.97. The first kappa shape index (κ1) is 20.2. The van der Waals surface area contributed by atoms with Crippen LogP contribution in [0.4, 0.5) is 5.13 Å². The molecule has 6 nitrogen and oxygen atoms in total. The second-order valence-electron chi connectivity index (χ2n) is 6.18. The molecule has 2 amide bonds. The van der Waals surface area contributed by atoms with Gasteiger partial charge in [-0.3, -0.25) is 9.59 Å². The molecule has 0 fully saturated rings. The van der Waals surface area contributed by atoms with Gasteiger partial charge in [0.25, 0.3) is 5.91 Å². The highest BCUT2D eigenvalue weighted by Gasteiger charge is 2.23. The van der Waals surface area contributed by atoms with Crippen LogP contribution in [0, 0.1) is 6.92 Å². The second-order valence-corrected chi connectivity index (χ2v) is 8.03. The monoisotopic (exact) mass is 415 g/mol. The SMILES string of the molecule is CSCCC(NC(=O)c1ccco1)C(=O)Nc1nc(-c2cccc(C)c2)cs1. The molecule has 2 heterocycles. The summed E-state index contributed by atoms with van der Waals surface area (Å²) in [7, 11) is 0. The van der Waals surface area contributed by atoms with Gasteiger partial charge in [-0.05, 0) is 43.6 Å². The molecule has 1 unspecified atom stereocenters. The number of carbonyl (C=O) groups is 2. The molecule has 0 saturated heterocycles. The van der Waals surface area contributed by atoms with E-state index in [0.29, 0.717) is 11.6 Å². The van der Waals surface area contributed by atoms with Gasteiger partial charge in [0, 0.05) is 10.9 Å². The number of hydrogen-bond acceptors (Lipinski definition) is 6. The van der Waals surface area contributed by atoms with Gasteiger partial charge in [0.05, 0.1) is 12.0 Å². The van der Waals surface area contributed by atoms with E-state index in [2.05, 4.69) is 15.6 Å². The summed E-state index contributed by atoms with van der Waals surface area (Å²) in [6.07, 6.45) is 3.89. The van der Waals surface area contributed by atoms with Crippen LogP contribution in [0.2, 0.25) is 0 Å². The third kappa shape index (κ3) is 5.24. The van der Waals surface area contributed by atoms with Crippen LogP contribution in [-0.2, 0) is 4.79 Å². The van der Waals surface area contributed by atoms with Gasteiger partial charge in [-0.15, -0.1) is 11.3 Å². The molecule has 3 aromatic rings. The zero-order chi connectivity index (χ0) is 19.9. The fraction of sp³-hybridized carbons (Fsp3) is 0.250. The fourth-order valence-corrected chi connectivity index (χ4v) is 3.80. The van der Waals surface area contributed by atoms with E-state index in [9.17, 15) is 9.59 Å². The number of anilines is 1. The summed E-state index contributed by atoms with van der Waals surface area (Å²) < 4.78 is 5.10. The zero-order valence-electron chi connectivity index (χ0n) is 15.6. The van der Waals surface area contributed by atoms with Gasteiger partial charge in [0.2, 0.25) is 5.91 Å². The third-order valence-electron chi connectivity index (χ3n) is 4.03. The number of hydrogen-bond donors (Lipinski definition) is 2. The van der Waals surface area contributed by atoms with Crippen molar-refractivity contribution in [3.05, 3.63) is 59.4 Å². The minimum atomic E-state index is -0.670. The molecule has 0 aliphatic rings. The minimum absolute atomic E-state index is 0.179. The minimum Gasteiger partial charge on any atom is -0.459 e. The number of nitrogens with zero attached hydrogens (tertiary/aromatic N) is 1. The number of thiazole rings is 1. The third-order valence-corrected chi connectivity index (χ3v) is 5.43. The van der Waals surface area contributed by atoms with Gasteiger partial charge in [-0.2, -0.15) is 11.8 Å². The molecule has 3 rings (SSSR count). The number of carbonyl (C=O) groups excluding carboxylic acids is 2. The molecule has 0 saturated carbocycles. The number of furan rings is 1. The van der Waals surface area contributed by atoms with Crippen LogP contribution in [0.3, 0.4) is 0 Å². The Morgan fingerprint density at radius 1 is 1.29 bits per heavy atom. The topological polar surface area (TPSA) is 84.2 Å². The number of rotatable bonds is 8. The Kier molecular flexibility index (Phi) is 6.89. The molecule has 0 aliphatic heterocycles. The normalized spacial score (nSPS) is 11.8. The summed E-state index contributed by atoms with van der Waals surface area (Å²) in [4.78, 5) is 29.5. The Balaban J connectivity index is 1.68. The lowest BCUT2D eigenvalue weighted by molar-refractivity contribution is -0.118. The molecule has 0 bridgehead atoms. The molecule has 2 aromatic heterocycles. The molecule has 146 valence electrons. The van der Waals surface area contributed by atoms with Gasteiger partial charge in [0.1, 0.15) is 6.04 Å². The number of benzene rings is 1. The smallest absolute Gasteiger partial charge is 0.287 e. The molecular formula is C20H21N3O3S2. The van der Waals surface area contributed by atoms with Crippen LogP contribution < -0.4 is 10.6 Å². The number of aryl methyl sites for hydroxylation is 1. The molecule has 8 heteroatoms. The summed E-state index contributed by atoms with van der Waals surface area (Å²) >= 11 is 2.97. The highest BCUT2D eigenvalue weighted by atomic mass is 32.2. The van der Waals surface area contributed by atoms with E-state index in [-0.39, 0.29) is 11.7 Å². The summed E-state index contributed by atoms with van der Waals surface area (Å²) in [6.45, 7) is 2.02. The van der Waals surface area contributed by atoms with Crippen LogP contribution in [-0.4, -0.2) is 34.8 Å². The maximum Gasteiger partial charge on any atom is 0.287 e.